The van der Waals surface area contributed by atoms with Crippen molar-refractivity contribution in [1.29, 1.82) is 0 Å². The second kappa shape index (κ2) is 9.32. The van der Waals surface area contributed by atoms with Crippen LogP contribution in [0.2, 0.25) is 0 Å². The lowest BCUT2D eigenvalue weighted by Crippen LogP contribution is -2.24. The summed E-state index contributed by atoms with van der Waals surface area (Å²) in [5, 5.41) is 9.07. The van der Waals surface area contributed by atoms with Crippen LogP contribution in [0.3, 0.4) is 0 Å². The molecule has 7 nitrogen and oxygen atoms in total. The Morgan fingerprint density at radius 2 is 1.97 bits per heavy atom. The lowest BCUT2D eigenvalue weighted by molar-refractivity contribution is 0.0130. The third kappa shape index (κ3) is 5.29. The number of alkyl halides is 2. The summed E-state index contributed by atoms with van der Waals surface area (Å²) in [6.07, 6.45) is 7.78. The van der Waals surface area contributed by atoms with Gasteiger partial charge in [0, 0.05) is 38.3 Å². The maximum atomic E-state index is 13.4. The molecule has 0 aromatic carbocycles. The Kier molecular flexibility index (Phi) is 6.39. The van der Waals surface area contributed by atoms with Crippen molar-refractivity contribution in [3.05, 3.63) is 41.4 Å². The first-order valence-corrected chi connectivity index (χ1v) is 12.4. The van der Waals surface area contributed by atoms with Crippen LogP contribution in [0.5, 0.6) is 0 Å². The second-order valence-electron chi connectivity index (χ2n) is 10.5. The van der Waals surface area contributed by atoms with Gasteiger partial charge in [-0.1, -0.05) is 6.42 Å². The maximum Gasteiger partial charge on any atom is 0.245 e. The van der Waals surface area contributed by atoms with Crippen molar-refractivity contribution in [2.24, 2.45) is 24.8 Å². The third-order valence-electron chi connectivity index (χ3n) is 7.44. The number of rotatable bonds is 8. The molecule has 3 aromatic rings. The summed E-state index contributed by atoms with van der Waals surface area (Å²) in [6, 6.07) is 3.84. The van der Waals surface area contributed by atoms with Crippen LogP contribution in [0.1, 0.15) is 74.4 Å². The standard InChI is InChI=1S/C25H34F2N6O/c1-16-28-23-13-20(6-8-25(2,26)27)31-33(23)24(29-16)22-12-17-4-5-19(22)11-18(10-17)14-34-15-21-7-9-32(3)30-21/h7,9,13,17-19,22H,4-6,8,10-12,14-15H2,1-3H3. The Hall–Kier alpha value is -2.42. The molecule has 3 fully saturated rings. The van der Waals surface area contributed by atoms with E-state index in [1.54, 1.807) is 4.68 Å². The van der Waals surface area contributed by atoms with Crippen molar-refractivity contribution in [1.82, 2.24) is 29.4 Å². The molecular formula is C25H34F2N6O. The number of hydrogen-bond acceptors (Lipinski definition) is 5. The first-order valence-electron chi connectivity index (χ1n) is 12.4. The molecule has 0 saturated heterocycles. The van der Waals surface area contributed by atoms with Crippen LogP contribution >= 0.6 is 0 Å². The predicted octanol–water partition coefficient (Wildman–Crippen LogP) is 4.88. The van der Waals surface area contributed by atoms with Gasteiger partial charge >= 0.3 is 0 Å². The molecule has 3 heterocycles. The minimum atomic E-state index is -2.70. The quantitative estimate of drug-likeness (QED) is 0.467. The van der Waals surface area contributed by atoms with Gasteiger partial charge in [0.1, 0.15) is 11.6 Å². The summed E-state index contributed by atoms with van der Waals surface area (Å²) in [7, 11) is 1.92. The molecule has 3 aliphatic rings. The monoisotopic (exact) mass is 472 g/mol. The number of hydrogen-bond donors (Lipinski definition) is 0. The van der Waals surface area contributed by atoms with Crippen molar-refractivity contribution in [2.45, 2.75) is 77.2 Å². The normalized spacial score (nSPS) is 25.2. The molecule has 3 saturated carbocycles. The van der Waals surface area contributed by atoms with E-state index in [4.69, 9.17) is 9.72 Å². The van der Waals surface area contributed by atoms with Crippen molar-refractivity contribution >= 4 is 5.65 Å². The SMILES string of the molecule is Cc1nc(C2CC3CCC2CC(COCc2ccn(C)n2)C3)n2nc(CCC(C)(F)F)cc2n1. The lowest BCUT2D eigenvalue weighted by atomic mass is 9.75. The molecule has 4 unspecified atom stereocenters. The first-order chi connectivity index (χ1) is 16.2. The van der Waals surface area contributed by atoms with E-state index in [2.05, 4.69) is 15.2 Å². The van der Waals surface area contributed by atoms with Crippen molar-refractivity contribution in [2.75, 3.05) is 6.61 Å². The largest absolute Gasteiger partial charge is 0.375 e. The fourth-order valence-electron chi connectivity index (χ4n) is 5.92. The van der Waals surface area contributed by atoms with Gasteiger partial charge in [-0.05, 0) is 69.8 Å². The highest BCUT2D eigenvalue weighted by atomic mass is 19.3. The Morgan fingerprint density at radius 1 is 1.12 bits per heavy atom. The first kappa shape index (κ1) is 23.3. The van der Waals surface area contributed by atoms with Crippen molar-refractivity contribution < 1.29 is 13.5 Å². The predicted molar refractivity (Wildman–Crippen MR) is 124 cm³/mol. The van der Waals surface area contributed by atoms with E-state index in [-0.39, 0.29) is 12.8 Å². The number of aromatic nitrogens is 6. The Labute approximate surface area is 198 Å². The molecule has 0 spiro atoms. The average Bonchev–Trinajstić information content (AvgIpc) is 3.26. The second-order valence-corrected chi connectivity index (χ2v) is 10.5. The summed E-state index contributed by atoms with van der Waals surface area (Å²) >= 11 is 0. The fraction of sp³-hybridized carbons (Fsp3) is 0.680. The van der Waals surface area contributed by atoms with Crippen molar-refractivity contribution in [3.63, 3.8) is 0 Å². The molecule has 0 aliphatic heterocycles. The Morgan fingerprint density at radius 3 is 2.74 bits per heavy atom. The highest BCUT2D eigenvalue weighted by Crippen LogP contribution is 2.49. The van der Waals surface area contributed by atoms with Gasteiger partial charge in [0.15, 0.2) is 5.65 Å². The van der Waals surface area contributed by atoms with E-state index < -0.39 is 5.92 Å². The molecule has 0 amide bonds. The van der Waals surface area contributed by atoms with Crippen molar-refractivity contribution in [3.8, 4) is 0 Å². The summed E-state index contributed by atoms with van der Waals surface area (Å²) in [6.45, 7) is 4.16. The molecule has 3 aromatic heterocycles. The average molecular weight is 473 g/mol. The third-order valence-corrected chi connectivity index (χ3v) is 7.44. The van der Waals surface area contributed by atoms with Crippen LogP contribution in [0, 0.1) is 24.7 Å². The van der Waals surface area contributed by atoms with Gasteiger partial charge in [0.2, 0.25) is 5.92 Å². The molecular weight excluding hydrogens is 438 g/mol. The van der Waals surface area contributed by atoms with Gasteiger partial charge in [-0.3, -0.25) is 4.68 Å². The highest BCUT2D eigenvalue weighted by molar-refractivity contribution is 5.40. The Balaban J connectivity index is 1.31. The molecule has 6 rings (SSSR count). The van der Waals surface area contributed by atoms with E-state index >= 15 is 0 Å². The topological polar surface area (TPSA) is 70.1 Å². The lowest BCUT2D eigenvalue weighted by Gasteiger charge is -2.32. The van der Waals surface area contributed by atoms with Gasteiger partial charge in [-0.25, -0.2) is 23.3 Å². The summed E-state index contributed by atoms with van der Waals surface area (Å²) in [5.74, 6) is 0.966. The van der Waals surface area contributed by atoms with Crippen LogP contribution < -0.4 is 0 Å². The summed E-state index contributed by atoms with van der Waals surface area (Å²) in [4.78, 5) is 9.38. The van der Waals surface area contributed by atoms with E-state index in [1.807, 2.05) is 36.8 Å². The zero-order chi connectivity index (χ0) is 23.9. The molecule has 34 heavy (non-hydrogen) atoms. The number of halogens is 2. The van der Waals surface area contributed by atoms with E-state index in [1.165, 1.54) is 19.3 Å². The molecule has 4 atom stereocenters. The minimum absolute atomic E-state index is 0.215. The summed E-state index contributed by atoms with van der Waals surface area (Å²) in [5.41, 5.74) is 2.33. The molecule has 2 bridgehead atoms. The van der Waals surface area contributed by atoms with Crippen LogP contribution in [0.4, 0.5) is 8.78 Å². The van der Waals surface area contributed by atoms with E-state index in [0.717, 1.165) is 37.9 Å². The molecule has 0 radical (unpaired) electrons. The zero-order valence-corrected chi connectivity index (χ0v) is 20.3. The van der Waals surface area contributed by atoms with Gasteiger partial charge in [0.25, 0.3) is 0 Å². The molecule has 0 N–H and O–H groups in total. The number of aryl methyl sites for hydroxylation is 3. The fourth-order valence-corrected chi connectivity index (χ4v) is 5.92. The maximum absolute atomic E-state index is 13.4. The highest BCUT2D eigenvalue weighted by Gasteiger charge is 2.40. The van der Waals surface area contributed by atoms with Gasteiger partial charge in [0.05, 0.1) is 18.0 Å². The van der Waals surface area contributed by atoms with E-state index in [9.17, 15) is 8.78 Å². The number of nitrogens with zero attached hydrogens (tertiary/aromatic N) is 6. The number of fused-ring (bicyclic) bond motifs is 5. The van der Waals surface area contributed by atoms with Gasteiger partial charge < -0.3 is 4.74 Å². The molecule has 184 valence electrons. The zero-order valence-electron chi connectivity index (χ0n) is 20.3. The van der Waals surface area contributed by atoms with Gasteiger partial charge in [-0.15, -0.1) is 0 Å². The van der Waals surface area contributed by atoms with Gasteiger partial charge in [-0.2, -0.15) is 10.2 Å². The smallest absolute Gasteiger partial charge is 0.245 e. The van der Waals surface area contributed by atoms with Crippen LogP contribution in [0.15, 0.2) is 18.3 Å². The van der Waals surface area contributed by atoms with E-state index in [0.29, 0.717) is 47.4 Å². The van der Waals surface area contributed by atoms with Crippen LogP contribution in [-0.4, -0.2) is 41.9 Å². The Bertz CT molecular complexity index is 1140. The summed E-state index contributed by atoms with van der Waals surface area (Å²) < 4.78 is 36.5. The molecule has 3 aliphatic carbocycles. The van der Waals surface area contributed by atoms with Crippen LogP contribution in [0.25, 0.3) is 5.65 Å². The minimum Gasteiger partial charge on any atom is -0.375 e. The number of ether oxygens (including phenoxy) is 1. The van der Waals surface area contributed by atoms with Crippen LogP contribution in [-0.2, 0) is 24.8 Å². The molecule has 9 heteroatoms.